The van der Waals surface area contributed by atoms with Gasteiger partial charge in [0, 0.05) is 6.04 Å². The fourth-order valence-electron chi connectivity index (χ4n) is 4.60. The number of nitrogens with one attached hydrogen (secondary N) is 1. The lowest BCUT2D eigenvalue weighted by Crippen LogP contribution is -2.40. The number of unbranched alkanes of at least 4 members (excludes halogenated alkanes) is 2. The van der Waals surface area contributed by atoms with Crippen molar-refractivity contribution in [2.75, 3.05) is 6.54 Å². The van der Waals surface area contributed by atoms with Crippen molar-refractivity contribution < 1.29 is 0 Å². The molecule has 124 valence electrons. The maximum absolute atomic E-state index is 3.96. The summed E-state index contributed by atoms with van der Waals surface area (Å²) in [5, 5.41) is 3.96. The van der Waals surface area contributed by atoms with Gasteiger partial charge in [0.05, 0.1) is 0 Å². The molecule has 2 aliphatic rings. The van der Waals surface area contributed by atoms with Crippen LogP contribution in [0.15, 0.2) is 0 Å². The molecule has 0 aromatic heterocycles. The van der Waals surface area contributed by atoms with E-state index in [-0.39, 0.29) is 0 Å². The van der Waals surface area contributed by atoms with Crippen molar-refractivity contribution in [1.29, 1.82) is 0 Å². The first-order chi connectivity index (χ1) is 10.4. The molecule has 2 fully saturated rings. The quantitative estimate of drug-likeness (QED) is 0.606. The summed E-state index contributed by atoms with van der Waals surface area (Å²) in [6, 6.07) is 0.843. The fourth-order valence-corrected chi connectivity index (χ4v) is 4.60. The average molecular weight is 294 g/mol. The van der Waals surface area contributed by atoms with Crippen LogP contribution in [0.4, 0.5) is 0 Å². The first kappa shape index (κ1) is 17.3. The Balaban J connectivity index is 1.84. The van der Waals surface area contributed by atoms with Gasteiger partial charge >= 0.3 is 0 Å². The van der Waals surface area contributed by atoms with Gasteiger partial charge in [0.1, 0.15) is 0 Å². The number of hydrogen-bond acceptors (Lipinski definition) is 1. The minimum Gasteiger partial charge on any atom is -0.314 e. The molecule has 0 aromatic rings. The zero-order valence-electron chi connectivity index (χ0n) is 14.5. The molecule has 0 radical (unpaired) electrons. The Bertz CT molecular complexity index is 242. The van der Waals surface area contributed by atoms with Crippen molar-refractivity contribution in [1.82, 2.24) is 5.32 Å². The van der Waals surface area contributed by atoms with E-state index in [9.17, 15) is 0 Å². The van der Waals surface area contributed by atoms with Gasteiger partial charge in [-0.25, -0.2) is 0 Å². The highest BCUT2D eigenvalue weighted by Crippen LogP contribution is 2.31. The summed E-state index contributed by atoms with van der Waals surface area (Å²) in [6.07, 6.45) is 22.1. The Kier molecular flexibility index (Phi) is 8.78. The lowest BCUT2D eigenvalue weighted by atomic mass is 9.79. The topological polar surface area (TPSA) is 12.0 Å². The molecule has 1 aliphatic carbocycles. The van der Waals surface area contributed by atoms with Gasteiger partial charge in [0.25, 0.3) is 0 Å². The second-order valence-electron chi connectivity index (χ2n) is 7.76. The number of rotatable bonds is 5. The molecule has 0 bridgehead atoms. The van der Waals surface area contributed by atoms with Gasteiger partial charge in [-0.05, 0) is 44.1 Å². The highest BCUT2D eigenvalue weighted by molar-refractivity contribution is 4.82. The smallest absolute Gasteiger partial charge is 0.00979 e. The third-order valence-corrected chi connectivity index (χ3v) is 5.97. The van der Waals surface area contributed by atoms with Crippen molar-refractivity contribution in [2.45, 2.75) is 109 Å². The SMILES string of the molecule is CCCCC[C@H]1CCCCNC(C2CCCCCCC2)C1. The van der Waals surface area contributed by atoms with Crippen LogP contribution in [0.3, 0.4) is 0 Å². The van der Waals surface area contributed by atoms with Crippen LogP contribution < -0.4 is 5.32 Å². The molecule has 21 heavy (non-hydrogen) atoms. The van der Waals surface area contributed by atoms with Crippen LogP contribution in [0.2, 0.25) is 0 Å². The van der Waals surface area contributed by atoms with Crippen LogP contribution in [0.1, 0.15) is 103 Å². The Morgan fingerprint density at radius 2 is 1.52 bits per heavy atom. The van der Waals surface area contributed by atoms with E-state index in [0.717, 1.165) is 17.9 Å². The Morgan fingerprint density at radius 3 is 2.29 bits per heavy atom. The van der Waals surface area contributed by atoms with Gasteiger partial charge in [0.15, 0.2) is 0 Å². The van der Waals surface area contributed by atoms with Crippen LogP contribution in [0, 0.1) is 11.8 Å². The van der Waals surface area contributed by atoms with Crippen molar-refractivity contribution in [3.05, 3.63) is 0 Å². The summed E-state index contributed by atoms with van der Waals surface area (Å²) in [4.78, 5) is 0. The van der Waals surface area contributed by atoms with E-state index < -0.39 is 0 Å². The predicted octanol–water partition coefficient (Wildman–Crippen LogP) is 6.08. The highest BCUT2D eigenvalue weighted by atomic mass is 14.9. The van der Waals surface area contributed by atoms with Crippen LogP contribution in [-0.2, 0) is 0 Å². The summed E-state index contributed by atoms with van der Waals surface area (Å²) in [6.45, 7) is 3.61. The lowest BCUT2D eigenvalue weighted by Gasteiger charge is -2.34. The maximum atomic E-state index is 3.96. The Hall–Kier alpha value is -0.0400. The van der Waals surface area contributed by atoms with E-state index >= 15 is 0 Å². The number of hydrogen-bond donors (Lipinski definition) is 1. The first-order valence-corrected chi connectivity index (χ1v) is 10.1. The molecule has 0 spiro atoms. The second-order valence-corrected chi connectivity index (χ2v) is 7.76. The molecular formula is C20H39N. The first-order valence-electron chi connectivity index (χ1n) is 10.1. The zero-order valence-corrected chi connectivity index (χ0v) is 14.5. The molecule has 0 aromatic carbocycles. The summed E-state index contributed by atoms with van der Waals surface area (Å²) < 4.78 is 0. The molecule has 2 rings (SSSR count). The van der Waals surface area contributed by atoms with Crippen molar-refractivity contribution in [3.63, 3.8) is 0 Å². The van der Waals surface area contributed by atoms with Crippen molar-refractivity contribution >= 4 is 0 Å². The van der Waals surface area contributed by atoms with Crippen LogP contribution in [0.25, 0.3) is 0 Å². The fraction of sp³-hybridized carbons (Fsp3) is 1.00. The van der Waals surface area contributed by atoms with Crippen molar-refractivity contribution in [3.8, 4) is 0 Å². The molecular weight excluding hydrogens is 254 g/mol. The van der Waals surface area contributed by atoms with Gasteiger partial charge in [-0.3, -0.25) is 0 Å². The summed E-state index contributed by atoms with van der Waals surface area (Å²) >= 11 is 0. The van der Waals surface area contributed by atoms with Crippen LogP contribution in [-0.4, -0.2) is 12.6 Å². The van der Waals surface area contributed by atoms with Gasteiger partial charge in [-0.15, -0.1) is 0 Å². The van der Waals surface area contributed by atoms with Gasteiger partial charge < -0.3 is 5.32 Å². The second kappa shape index (κ2) is 10.6. The van der Waals surface area contributed by atoms with Crippen LogP contribution >= 0.6 is 0 Å². The normalized spacial score (nSPS) is 30.1. The largest absolute Gasteiger partial charge is 0.314 e. The summed E-state index contributed by atoms with van der Waals surface area (Å²) in [5.41, 5.74) is 0. The van der Waals surface area contributed by atoms with E-state index in [0.29, 0.717) is 0 Å². The zero-order chi connectivity index (χ0) is 14.8. The predicted molar refractivity (Wildman–Crippen MR) is 93.7 cm³/mol. The standard InChI is InChI=1S/C20H39N/c1-2-3-7-12-18-13-10-11-16-21-20(17-18)19-14-8-5-4-6-9-15-19/h18-21H,2-17H2,1H3/t18-,20?/m0/s1. The van der Waals surface area contributed by atoms with Gasteiger partial charge in [0.2, 0.25) is 0 Å². The molecule has 1 saturated heterocycles. The molecule has 1 nitrogen and oxygen atoms in total. The van der Waals surface area contributed by atoms with Crippen LogP contribution in [0.5, 0.6) is 0 Å². The summed E-state index contributed by atoms with van der Waals surface area (Å²) in [5.74, 6) is 2.00. The van der Waals surface area contributed by atoms with Gasteiger partial charge in [-0.2, -0.15) is 0 Å². The Morgan fingerprint density at radius 1 is 0.810 bits per heavy atom. The third kappa shape index (κ3) is 6.72. The van der Waals surface area contributed by atoms with E-state index in [4.69, 9.17) is 0 Å². The minimum absolute atomic E-state index is 0.843. The maximum Gasteiger partial charge on any atom is 0.00979 e. The molecule has 0 amide bonds. The molecule has 1 heterocycles. The van der Waals surface area contributed by atoms with Crippen molar-refractivity contribution in [2.24, 2.45) is 11.8 Å². The van der Waals surface area contributed by atoms with E-state index in [1.54, 1.807) is 0 Å². The average Bonchev–Trinajstić information content (AvgIpc) is 2.41. The molecule has 1 aliphatic heterocycles. The monoisotopic (exact) mass is 293 g/mol. The highest BCUT2D eigenvalue weighted by Gasteiger charge is 2.25. The molecule has 1 unspecified atom stereocenters. The Labute approximate surface area is 133 Å². The molecule has 1 heteroatoms. The summed E-state index contributed by atoms with van der Waals surface area (Å²) in [7, 11) is 0. The van der Waals surface area contributed by atoms with E-state index in [1.807, 2.05) is 0 Å². The van der Waals surface area contributed by atoms with E-state index in [2.05, 4.69) is 12.2 Å². The van der Waals surface area contributed by atoms with E-state index in [1.165, 1.54) is 103 Å². The molecule has 2 atom stereocenters. The van der Waals surface area contributed by atoms with Gasteiger partial charge in [-0.1, -0.05) is 77.6 Å². The third-order valence-electron chi connectivity index (χ3n) is 5.97. The minimum atomic E-state index is 0.843. The lowest BCUT2D eigenvalue weighted by molar-refractivity contribution is 0.219. The molecule has 1 saturated carbocycles. The molecule has 1 N–H and O–H groups in total.